The molecule has 118 valence electrons. The van der Waals surface area contributed by atoms with Gasteiger partial charge in [0.25, 0.3) is 0 Å². The van der Waals surface area contributed by atoms with Gasteiger partial charge in [-0.1, -0.05) is 15.9 Å². The molecular weight excluding hydrogens is 380 g/mol. The second-order valence-corrected chi connectivity index (χ2v) is 10.2. The number of sulfone groups is 1. The van der Waals surface area contributed by atoms with Gasteiger partial charge in [0.2, 0.25) is 10.0 Å². The molecule has 1 heterocycles. The number of sulfonamides is 1. The summed E-state index contributed by atoms with van der Waals surface area (Å²) in [4.78, 5) is 0.112. The summed E-state index contributed by atoms with van der Waals surface area (Å²) in [5, 5.41) is 0. The molecule has 0 radical (unpaired) electrons. The molecule has 2 N–H and O–H groups in total. The molecule has 0 aromatic heterocycles. The standard InChI is InChI=1S/C12H17BrN2O4S2/c1-8-7-20(16,17)4-3-15(8)21(18,19)12-6-10(13)5-11(14)9(12)2/h5-6,8H,3-4,7,14H2,1-2H3. The van der Waals surface area contributed by atoms with E-state index in [0.29, 0.717) is 15.7 Å². The number of benzene rings is 1. The number of hydrogen-bond acceptors (Lipinski definition) is 5. The summed E-state index contributed by atoms with van der Waals surface area (Å²) < 4.78 is 50.6. The Labute approximate surface area is 133 Å². The lowest BCUT2D eigenvalue weighted by Crippen LogP contribution is -2.49. The Bertz CT molecular complexity index is 775. The topological polar surface area (TPSA) is 97.5 Å². The van der Waals surface area contributed by atoms with E-state index in [1.165, 1.54) is 10.4 Å². The van der Waals surface area contributed by atoms with Crippen LogP contribution in [0.3, 0.4) is 0 Å². The van der Waals surface area contributed by atoms with Gasteiger partial charge >= 0.3 is 0 Å². The highest BCUT2D eigenvalue weighted by Gasteiger charge is 2.37. The third-order valence-electron chi connectivity index (χ3n) is 3.56. The summed E-state index contributed by atoms with van der Waals surface area (Å²) in [6.45, 7) is 3.21. The van der Waals surface area contributed by atoms with Crippen molar-refractivity contribution >= 4 is 41.5 Å². The molecule has 1 saturated heterocycles. The molecule has 1 aromatic rings. The molecule has 1 aliphatic rings. The van der Waals surface area contributed by atoms with Crippen molar-refractivity contribution in [2.75, 3.05) is 23.8 Å². The Morgan fingerprint density at radius 3 is 2.57 bits per heavy atom. The Morgan fingerprint density at radius 2 is 2.00 bits per heavy atom. The number of rotatable bonds is 2. The van der Waals surface area contributed by atoms with E-state index < -0.39 is 25.9 Å². The third kappa shape index (κ3) is 3.25. The van der Waals surface area contributed by atoms with E-state index in [1.54, 1.807) is 19.9 Å². The monoisotopic (exact) mass is 396 g/mol. The van der Waals surface area contributed by atoms with Crippen molar-refractivity contribution in [3.05, 3.63) is 22.2 Å². The first kappa shape index (κ1) is 16.7. The van der Waals surface area contributed by atoms with Gasteiger partial charge in [0, 0.05) is 22.7 Å². The first-order chi connectivity index (χ1) is 9.54. The predicted octanol–water partition coefficient (Wildman–Crippen LogP) is 1.15. The van der Waals surface area contributed by atoms with E-state index >= 15 is 0 Å². The summed E-state index contributed by atoms with van der Waals surface area (Å²) in [6, 6.07) is 2.54. The van der Waals surface area contributed by atoms with Crippen LogP contribution in [-0.4, -0.2) is 45.2 Å². The minimum atomic E-state index is -3.78. The van der Waals surface area contributed by atoms with Crippen molar-refractivity contribution in [2.45, 2.75) is 24.8 Å². The fourth-order valence-corrected chi connectivity index (χ4v) is 6.72. The molecule has 1 aliphatic heterocycles. The number of nitrogen functional groups attached to an aromatic ring is 1. The number of nitrogens with zero attached hydrogens (tertiary/aromatic N) is 1. The summed E-state index contributed by atoms with van der Waals surface area (Å²) in [5.41, 5.74) is 6.66. The van der Waals surface area contributed by atoms with Gasteiger partial charge in [-0.25, -0.2) is 16.8 Å². The van der Waals surface area contributed by atoms with Crippen LogP contribution in [0, 0.1) is 6.92 Å². The van der Waals surface area contributed by atoms with E-state index in [0.717, 1.165) is 0 Å². The lowest BCUT2D eigenvalue weighted by atomic mass is 10.2. The molecule has 21 heavy (non-hydrogen) atoms. The highest BCUT2D eigenvalue weighted by Crippen LogP contribution is 2.30. The zero-order valence-electron chi connectivity index (χ0n) is 11.7. The second-order valence-electron chi connectivity index (χ2n) is 5.20. The van der Waals surface area contributed by atoms with Crippen LogP contribution in [-0.2, 0) is 19.9 Å². The molecule has 0 saturated carbocycles. The molecule has 2 rings (SSSR count). The van der Waals surface area contributed by atoms with Gasteiger partial charge < -0.3 is 5.73 Å². The molecule has 1 atom stereocenters. The van der Waals surface area contributed by atoms with E-state index in [9.17, 15) is 16.8 Å². The van der Waals surface area contributed by atoms with E-state index in [-0.39, 0.29) is 22.9 Å². The Morgan fingerprint density at radius 1 is 1.38 bits per heavy atom. The molecule has 1 fully saturated rings. The summed E-state index contributed by atoms with van der Waals surface area (Å²) in [6.07, 6.45) is 0. The minimum absolute atomic E-state index is 0.0301. The van der Waals surface area contributed by atoms with Crippen molar-refractivity contribution in [3.63, 3.8) is 0 Å². The molecule has 0 spiro atoms. The number of halogens is 1. The Balaban J connectivity index is 2.49. The maximum atomic E-state index is 12.8. The molecule has 1 unspecified atom stereocenters. The molecule has 6 nitrogen and oxygen atoms in total. The molecule has 1 aromatic carbocycles. The molecule has 0 bridgehead atoms. The van der Waals surface area contributed by atoms with Gasteiger partial charge in [0.05, 0.1) is 16.4 Å². The maximum Gasteiger partial charge on any atom is 0.243 e. The van der Waals surface area contributed by atoms with Crippen LogP contribution in [0.2, 0.25) is 0 Å². The highest BCUT2D eigenvalue weighted by molar-refractivity contribution is 9.10. The zero-order chi connectivity index (χ0) is 16.0. The second kappa shape index (κ2) is 5.53. The zero-order valence-corrected chi connectivity index (χ0v) is 14.9. The smallest absolute Gasteiger partial charge is 0.243 e. The largest absolute Gasteiger partial charge is 0.398 e. The fourth-order valence-electron chi connectivity index (χ4n) is 2.41. The van der Waals surface area contributed by atoms with Crippen molar-refractivity contribution in [1.29, 1.82) is 0 Å². The van der Waals surface area contributed by atoms with Crippen LogP contribution in [0.1, 0.15) is 12.5 Å². The lowest BCUT2D eigenvalue weighted by molar-refractivity contribution is 0.356. The van der Waals surface area contributed by atoms with Crippen LogP contribution < -0.4 is 5.73 Å². The average molecular weight is 397 g/mol. The van der Waals surface area contributed by atoms with Crippen molar-refractivity contribution in [1.82, 2.24) is 4.31 Å². The number of anilines is 1. The van der Waals surface area contributed by atoms with Crippen LogP contribution >= 0.6 is 15.9 Å². The normalized spacial score (nSPS) is 23.1. The minimum Gasteiger partial charge on any atom is -0.398 e. The van der Waals surface area contributed by atoms with E-state index in [2.05, 4.69) is 15.9 Å². The first-order valence-electron chi connectivity index (χ1n) is 6.32. The molecule has 0 aliphatic carbocycles. The van der Waals surface area contributed by atoms with Gasteiger partial charge in [-0.05, 0) is 31.5 Å². The van der Waals surface area contributed by atoms with Crippen LogP contribution in [0.5, 0.6) is 0 Å². The fraction of sp³-hybridized carbons (Fsp3) is 0.500. The van der Waals surface area contributed by atoms with Gasteiger partial charge in [-0.3, -0.25) is 0 Å². The van der Waals surface area contributed by atoms with Gasteiger partial charge in [-0.2, -0.15) is 4.31 Å². The van der Waals surface area contributed by atoms with Gasteiger partial charge in [0.1, 0.15) is 0 Å². The lowest BCUT2D eigenvalue weighted by Gasteiger charge is -2.32. The van der Waals surface area contributed by atoms with Crippen LogP contribution in [0.25, 0.3) is 0 Å². The summed E-state index contributed by atoms with van der Waals surface area (Å²) in [5.74, 6) is -0.312. The number of hydrogen-bond donors (Lipinski definition) is 1. The SMILES string of the molecule is Cc1c(N)cc(Br)cc1S(=O)(=O)N1CCS(=O)(=O)CC1C. The maximum absolute atomic E-state index is 12.8. The third-order valence-corrected chi connectivity index (χ3v) is 7.95. The van der Waals surface area contributed by atoms with Crippen LogP contribution in [0.15, 0.2) is 21.5 Å². The van der Waals surface area contributed by atoms with E-state index in [1.807, 2.05) is 0 Å². The van der Waals surface area contributed by atoms with Crippen molar-refractivity contribution in [2.24, 2.45) is 0 Å². The molecular formula is C12H17BrN2O4S2. The Hall–Kier alpha value is -0.640. The Kier molecular flexibility index (Phi) is 4.40. The average Bonchev–Trinajstić information content (AvgIpc) is 2.31. The van der Waals surface area contributed by atoms with E-state index in [4.69, 9.17) is 5.73 Å². The first-order valence-corrected chi connectivity index (χ1v) is 10.4. The molecule has 0 amide bonds. The highest BCUT2D eigenvalue weighted by atomic mass is 79.9. The summed E-state index contributed by atoms with van der Waals surface area (Å²) in [7, 11) is -6.95. The predicted molar refractivity (Wildman–Crippen MR) is 85.3 cm³/mol. The molecule has 9 heteroatoms. The van der Waals surface area contributed by atoms with Gasteiger partial charge in [-0.15, -0.1) is 0 Å². The van der Waals surface area contributed by atoms with Crippen molar-refractivity contribution in [3.8, 4) is 0 Å². The van der Waals surface area contributed by atoms with Crippen molar-refractivity contribution < 1.29 is 16.8 Å². The summed E-state index contributed by atoms with van der Waals surface area (Å²) >= 11 is 3.24. The van der Waals surface area contributed by atoms with Gasteiger partial charge in [0.15, 0.2) is 9.84 Å². The number of nitrogens with two attached hydrogens (primary N) is 1. The van der Waals surface area contributed by atoms with Crippen LogP contribution in [0.4, 0.5) is 5.69 Å². The quantitative estimate of drug-likeness (QED) is 0.755.